The largest absolute Gasteiger partial charge is 0.496 e. The minimum Gasteiger partial charge on any atom is -0.496 e. The Balaban J connectivity index is 1.90. The fourth-order valence-electron chi connectivity index (χ4n) is 2.32. The molecule has 27 heavy (non-hydrogen) atoms. The number of carbonyl (C=O) groups excluding carboxylic acids is 2. The zero-order chi connectivity index (χ0) is 20.0. The molecule has 2 amide bonds. The Bertz CT molecular complexity index is 842. The van der Waals surface area contributed by atoms with E-state index < -0.39 is 0 Å². The summed E-state index contributed by atoms with van der Waals surface area (Å²) in [5.74, 6) is 1.05. The predicted molar refractivity (Wildman–Crippen MR) is 121 cm³/mol. The average Bonchev–Trinajstić information content (AvgIpc) is 2.65. The van der Waals surface area contributed by atoms with Gasteiger partial charge in [0.05, 0.1) is 21.4 Å². The zero-order valence-corrected chi connectivity index (χ0v) is 19.5. The van der Waals surface area contributed by atoms with E-state index in [1.807, 2.05) is 6.92 Å². The summed E-state index contributed by atoms with van der Waals surface area (Å²) >= 11 is 4.24. The third-order valence-electron chi connectivity index (χ3n) is 3.77. The lowest BCUT2D eigenvalue weighted by Gasteiger charge is -2.15. The maximum atomic E-state index is 12.4. The molecule has 6 nitrogen and oxygen atoms in total. The Hall–Kier alpha value is -1.56. The van der Waals surface area contributed by atoms with Crippen molar-refractivity contribution in [2.45, 2.75) is 13.0 Å². The van der Waals surface area contributed by atoms with Gasteiger partial charge in [-0.15, -0.1) is 0 Å². The predicted octanol–water partition coefficient (Wildman–Crippen LogP) is 3.46. The third-order valence-corrected chi connectivity index (χ3v) is 5.46. The number of hydrogen-bond donors (Lipinski definition) is 2. The first kappa shape index (κ1) is 21.7. The Morgan fingerprint density at radius 2 is 1.41 bits per heavy atom. The average molecular weight is 594 g/mol. The van der Waals surface area contributed by atoms with Crippen molar-refractivity contribution in [1.29, 1.82) is 0 Å². The molecule has 0 aliphatic heterocycles. The number of amides is 2. The fraction of sp³-hybridized carbons (Fsp3) is 0.263. The standard InChI is InChI=1S/C19H20I2N2O4/c1-11(23-19(25)13-5-7-17(27-3)15(21)9-13)10-22-18(24)12-4-6-16(26-2)14(20)8-12/h4-9,11H,10H2,1-3H3,(H,22,24)(H,23,25). The van der Waals surface area contributed by atoms with Crippen LogP contribution in [0.15, 0.2) is 36.4 Å². The molecule has 8 heteroatoms. The molecular formula is C19H20I2N2O4. The van der Waals surface area contributed by atoms with Crippen LogP contribution in [0, 0.1) is 7.14 Å². The molecule has 0 aromatic heterocycles. The molecule has 0 aliphatic rings. The molecule has 0 heterocycles. The molecule has 0 aliphatic carbocycles. The lowest BCUT2D eigenvalue weighted by atomic mass is 10.2. The molecule has 1 unspecified atom stereocenters. The van der Waals surface area contributed by atoms with E-state index in [1.54, 1.807) is 50.6 Å². The third kappa shape index (κ3) is 5.96. The smallest absolute Gasteiger partial charge is 0.251 e. The van der Waals surface area contributed by atoms with E-state index in [-0.39, 0.29) is 17.9 Å². The number of halogens is 2. The van der Waals surface area contributed by atoms with Crippen molar-refractivity contribution in [3.63, 3.8) is 0 Å². The monoisotopic (exact) mass is 594 g/mol. The lowest BCUT2D eigenvalue weighted by Crippen LogP contribution is -2.41. The van der Waals surface area contributed by atoms with Crippen LogP contribution in [0.25, 0.3) is 0 Å². The van der Waals surface area contributed by atoms with Gasteiger partial charge in [0.25, 0.3) is 11.8 Å². The van der Waals surface area contributed by atoms with Crippen LogP contribution in [-0.4, -0.2) is 38.6 Å². The summed E-state index contributed by atoms with van der Waals surface area (Å²) in [5.41, 5.74) is 1.09. The molecule has 0 fully saturated rings. The summed E-state index contributed by atoms with van der Waals surface area (Å²) in [7, 11) is 3.18. The van der Waals surface area contributed by atoms with Crippen LogP contribution in [0.2, 0.25) is 0 Å². The Labute approximate surface area is 185 Å². The lowest BCUT2D eigenvalue weighted by molar-refractivity contribution is 0.0912. The van der Waals surface area contributed by atoms with Crippen LogP contribution < -0.4 is 20.1 Å². The van der Waals surface area contributed by atoms with E-state index >= 15 is 0 Å². The van der Waals surface area contributed by atoms with Gasteiger partial charge in [-0.25, -0.2) is 0 Å². The molecule has 144 valence electrons. The van der Waals surface area contributed by atoms with Crippen LogP contribution in [0.3, 0.4) is 0 Å². The van der Waals surface area contributed by atoms with Gasteiger partial charge in [-0.2, -0.15) is 0 Å². The van der Waals surface area contributed by atoms with Crippen molar-refractivity contribution in [3.05, 3.63) is 54.7 Å². The van der Waals surface area contributed by atoms with Crippen molar-refractivity contribution in [2.24, 2.45) is 0 Å². The van der Waals surface area contributed by atoms with Crippen LogP contribution >= 0.6 is 45.2 Å². The second-order valence-electron chi connectivity index (χ2n) is 5.78. The highest BCUT2D eigenvalue weighted by Crippen LogP contribution is 2.22. The van der Waals surface area contributed by atoms with E-state index in [2.05, 4.69) is 55.8 Å². The number of carbonyl (C=O) groups is 2. The Kier molecular flexibility index (Phi) is 8.14. The second kappa shape index (κ2) is 10.1. The van der Waals surface area contributed by atoms with Crippen molar-refractivity contribution in [3.8, 4) is 11.5 Å². The van der Waals surface area contributed by atoms with Gasteiger partial charge >= 0.3 is 0 Å². The van der Waals surface area contributed by atoms with Gasteiger partial charge in [-0.3, -0.25) is 9.59 Å². The van der Waals surface area contributed by atoms with Crippen LogP contribution in [0.4, 0.5) is 0 Å². The highest BCUT2D eigenvalue weighted by atomic mass is 127. The molecule has 0 saturated heterocycles. The molecule has 2 aromatic carbocycles. The minimum atomic E-state index is -0.224. The first-order valence-corrected chi connectivity index (χ1v) is 10.3. The maximum absolute atomic E-state index is 12.4. The van der Waals surface area contributed by atoms with Gasteiger partial charge in [0, 0.05) is 23.7 Å². The second-order valence-corrected chi connectivity index (χ2v) is 8.11. The van der Waals surface area contributed by atoms with E-state index in [9.17, 15) is 9.59 Å². The minimum absolute atomic E-state index is 0.198. The van der Waals surface area contributed by atoms with Gasteiger partial charge in [0.15, 0.2) is 0 Å². The Morgan fingerprint density at radius 1 is 0.926 bits per heavy atom. The van der Waals surface area contributed by atoms with Gasteiger partial charge in [-0.05, 0) is 88.5 Å². The molecule has 2 rings (SSSR count). The highest BCUT2D eigenvalue weighted by molar-refractivity contribution is 14.1. The normalized spacial score (nSPS) is 11.4. The van der Waals surface area contributed by atoms with Crippen LogP contribution in [-0.2, 0) is 0 Å². The summed E-state index contributed by atoms with van der Waals surface area (Å²) in [4.78, 5) is 24.6. The number of methoxy groups -OCH3 is 2. The van der Waals surface area contributed by atoms with Gasteiger partial charge < -0.3 is 20.1 Å². The van der Waals surface area contributed by atoms with Crippen molar-refractivity contribution in [2.75, 3.05) is 20.8 Å². The number of rotatable bonds is 7. The van der Waals surface area contributed by atoms with Gasteiger partial charge in [0.1, 0.15) is 11.5 Å². The first-order chi connectivity index (χ1) is 12.8. The topological polar surface area (TPSA) is 76.7 Å². The number of ether oxygens (including phenoxy) is 2. The number of hydrogen-bond acceptors (Lipinski definition) is 4. The Morgan fingerprint density at radius 3 is 1.85 bits per heavy atom. The number of nitrogens with one attached hydrogen (secondary N) is 2. The first-order valence-electron chi connectivity index (χ1n) is 8.11. The summed E-state index contributed by atoms with van der Waals surface area (Å²) in [6.45, 7) is 2.16. The van der Waals surface area contributed by atoms with Crippen LogP contribution in [0.5, 0.6) is 11.5 Å². The SMILES string of the molecule is COc1ccc(C(=O)NCC(C)NC(=O)c2ccc(OC)c(I)c2)cc1I. The van der Waals surface area contributed by atoms with Gasteiger partial charge in [-0.1, -0.05) is 0 Å². The molecule has 0 saturated carbocycles. The zero-order valence-electron chi connectivity index (χ0n) is 15.1. The summed E-state index contributed by atoms with van der Waals surface area (Å²) in [5, 5.41) is 5.71. The van der Waals surface area contributed by atoms with Crippen molar-refractivity contribution in [1.82, 2.24) is 10.6 Å². The van der Waals surface area contributed by atoms with Crippen LogP contribution in [0.1, 0.15) is 27.6 Å². The molecule has 1 atom stereocenters. The van der Waals surface area contributed by atoms with E-state index in [4.69, 9.17) is 9.47 Å². The fourth-order valence-corrected chi connectivity index (χ4v) is 3.79. The van der Waals surface area contributed by atoms with E-state index in [0.29, 0.717) is 17.7 Å². The molecular weight excluding hydrogens is 574 g/mol. The highest BCUT2D eigenvalue weighted by Gasteiger charge is 2.14. The number of benzene rings is 2. The summed E-state index contributed by atoms with van der Waals surface area (Å²) in [6, 6.07) is 10.2. The van der Waals surface area contributed by atoms with E-state index in [0.717, 1.165) is 18.6 Å². The van der Waals surface area contributed by atoms with Crippen molar-refractivity contribution < 1.29 is 19.1 Å². The molecule has 0 bridgehead atoms. The van der Waals surface area contributed by atoms with E-state index in [1.165, 1.54) is 0 Å². The quantitative estimate of drug-likeness (QED) is 0.482. The summed E-state index contributed by atoms with van der Waals surface area (Å²) < 4.78 is 12.1. The van der Waals surface area contributed by atoms with Crippen molar-refractivity contribution >= 4 is 57.0 Å². The maximum Gasteiger partial charge on any atom is 0.251 e. The molecule has 2 aromatic rings. The molecule has 0 spiro atoms. The molecule has 2 N–H and O–H groups in total. The van der Waals surface area contributed by atoms with Gasteiger partial charge in [0.2, 0.25) is 0 Å². The molecule has 0 radical (unpaired) electrons. The summed E-state index contributed by atoms with van der Waals surface area (Å²) in [6.07, 6.45) is 0.